The molecule has 0 saturated heterocycles. The Morgan fingerprint density at radius 3 is 2.48 bits per heavy atom. The van der Waals surface area contributed by atoms with Gasteiger partial charge in [0.15, 0.2) is 0 Å². The van der Waals surface area contributed by atoms with Crippen LogP contribution in [0.1, 0.15) is 21.7 Å². The molecule has 0 unspecified atom stereocenters. The third kappa shape index (κ3) is 5.36. The Morgan fingerprint density at radius 1 is 1.00 bits per heavy atom. The van der Waals surface area contributed by atoms with E-state index in [-0.39, 0.29) is 11.6 Å². The van der Waals surface area contributed by atoms with E-state index in [1.807, 2.05) is 41.1 Å². The minimum Gasteiger partial charge on any atom is -0.465 e. The first-order valence-electron chi connectivity index (χ1n) is 9.65. The average molecular weight is 412 g/mol. The van der Waals surface area contributed by atoms with E-state index in [1.54, 1.807) is 48.9 Å². The summed E-state index contributed by atoms with van der Waals surface area (Å²) < 4.78 is 7.26. The quantitative estimate of drug-likeness (QED) is 0.450. The van der Waals surface area contributed by atoms with Gasteiger partial charge in [-0.2, -0.15) is 0 Å². The summed E-state index contributed by atoms with van der Waals surface area (Å²) in [6, 6.07) is 19.6. The lowest BCUT2D eigenvalue weighted by atomic mass is 10.2. The van der Waals surface area contributed by atoms with Crippen LogP contribution in [-0.2, 0) is 11.3 Å². The number of carbonyl (C=O) groups is 2. The molecule has 0 atom stereocenters. The molecular weight excluding hydrogens is 392 g/mol. The van der Waals surface area contributed by atoms with Crippen LogP contribution in [0.25, 0.3) is 6.08 Å². The van der Waals surface area contributed by atoms with Gasteiger partial charge < -0.3 is 19.6 Å². The number of anilines is 1. The van der Waals surface area contributed by atoms with Crippen molar-refractivity contribution < 1.29 is 14.0 Å². The summed E-state index contributed by atoms with van der Waals surface area (Å²) >= 11 is 0. The Morgan fingerprint density at radius 2 is 1.81 bits per heavy atom. The fraction of sp³-hybridized carbons (Fsp3) is 0.0417. The highest BCUT2D eigenvalue weighted by atomic mass is 16.3. The topological polar surface area (TPSA) is 89.2 Å². The molecule has 0 aliphatic rings. The highest BCUT2D eigenvalue weighted by Crippen LogP contribution is 2.14. The standard InChI is InChI=1S/C24H20N4O3/c29-23(19-5-2-1-3-6-19)27-22(15-21-7-4-14-31-21)24(30)26-20-10-8-18(9-11-20)16-28-13-12-25-17-28/h1-15,17H,16H2,(H,26,30)(H,27,29)/b22-15-. The summed E-state index contributed by atoms with van der Waals surface area (Å²) in [5, 5.41) is 5.49. The largest absolute Gasteiger partial charge is 0.465 e. The smallest absolute Gasteiger partial charge is 0.272 e. The Bertz CT molecular complexity index is 1160. The molecule has 4 rings (SSSR count). The molecule has 0 radical (unpaired) electrons. The van der Waals surface area contributed by atoms with Crippen LogP contribution < -0.4 is 10.6 Å². The second-order valence-electron chi connectivity index (χ2n) is 6.78. The maximum Gasteiger partial charge on any atom is 0.272 e. The molecule has 0 saturated carbocycles. The molecule has 4 aromatic rings. The van der Waals surface area contributed by atoms with E-state index in [0.717, 1.165) is 5.56 Å². The first-order valence-corrected chi connectivity index (χ1v) is 9.65. The van der Waals surface area contributed by atoms with E-state index in [1.165, 1.54) is 12.3 Å². The van der Waals surface area contributed by atoms with Gasteiger partial charge in [0.1, 0.15) is 11.5 Å². The molecule has 2 N–H and O–H groups in total. The van der Waals surface area contributed by atoms with Crippen LogP contribution in [0.2, 0.25) is 0 Å². The van der Waals surface area contributed by atoms with Crippen molar-refractivity contribution in [3.05, 3.63) is 114 Å². The van der Waals surface area contributed by atoms with Crippen molar-refractivity contribution >= 4 is 23.6 Å². The molecule has 0 aliphatic carbocycles. The molecule has 2 aromatic heterocycles. The van der Waals surface area contributed by atoms with Crippen molar-refractivity contribution in [2.75, 3.05) is 5.32 Å². The monoisotopic (exact) mass is 412 g/mol. The molecule has 0 aliphatic heterocycles. The van der Waals surface area contributed by atoms with Gasteiger partial charge in [0.25, 0.3) is 11.8 Å². The minimum atomic E-state index is -0.456. The SMILES string of the molecule is O=C(Nc1ccc(Cn2ccnc2)cc1)/C(=C/c1ccco1)NC(=O)c1ccccc1. The van der Waals surface area contributed by atoms with Crippen molar-refractivity contribution in [2.45, 2.75) is 6.54 Å². The first-order chi connectivity index (χ1) is 15.2. The van der Waals surface area contributed by atoms with Crippen LogP contribution in [0.5, 0.6) is 0 Å². The Hall–Kier alpha value is -4.39. The van der Waals surface area contributed by atoms with E-state index < -0.39 is 5.91 Å². The fourth-order valence-electron chi connectivity index (χ4n) is 2.94. The highest BCUT2D eigenvalue weighted by molar-refractivity contribution is 6.10. The van der Waals surface area contributed by atoms with E-state index in [2.05, 4.69) is 15.6 Å². The zero-order chi connectivity index (χ0) is 21.5. The van der Waals surface area contributed by atoms with E-state index in [4.69, 9.17) is 4.42 Å². The number of nitrogens with zero attached hydrogens (tertiary/aromatic N) is 2. The molecule has 7 nitrogen and oxygen atoms in total. The summed E-state index contributed by atoms with van der Waals surface area (Å²) in [6.07, 6.45) is 8.35. The molecule has 31 heavy (non-hydrogen) atoms. The normalized spacial score (nSPS) is 11.2. The number of hydrogen-bond acceptors (Lipinski definition) is 4. The molecule has 0 bridgehead atoms. The van der Waals surface area contributed by atoms with Crippen LogP contribution >= 0.6 is 0 Å². The zero-order valence-electron chi connectivity index (χ0n) is 16.6. The number of hydrogen-bond donors (Lipinski definition) is 2. The molecular formula is C24H20N4O3. The van der Waals surface area contributed by atoms with Crippen molar-refractivity contribution in [1.82, 2.24) is 14.9 Å². The van der Waals surface area contributed by atoms with Crippen LogP contribution in [-0.4, -0.2) is 21.4 Å². The second kappa shape index (κ2) is 9.41. The maximum atomic E-state index is 12.9. The number of imidazole rings is 1. The van der Waals surface area contributed by atoms with E-state index >= 15 is 0 Å². The number of carbonyl (C=O) groups excluding carboxylic acids is 2. The maximum absolute atomic E-state index is 12.9. The average Bonchev–Trinajstić information content (AvgIpc) is 3.49. The Labute approximate surface area is 179 Å². The minimum absolute atomic E-state index is 0.0753. The van der Waals surface area contributed by atoms with Crippen LogP contribution in [0.15, 0.2) is 102 Å². The van der Waals surface area contributed by atoms with Crippen LogP contribution in [0.3, 0.4) is 0 Å². The lowest BCUT2D eigenvalue weighted by Crippen LogP contribution is -2.30. The van der Waals surface area contributed by atoms with Gasteiger partial charge in [-0.3, -0.25) is 9.59 Å². The van der Waals surface area contributed by atoms with Gasteiger partial charge in [0.2, 0.25) is 0 Å². The van der Waals surface area contributed by atoms with Crippen molar-refractivity contribution in [1.29, 1.82) is 0 Å². The van der Waals surface area contributed by atoms with Gasteiger partial charge in [0.05, 0.1) is 12.6 Å². The zero-order valence-corrected chi connectivity index (χ0v) is 16.6. The van der Waals surface area contributed by atoms with E-state index in [9.17, 15) is 9.59 Å². The summed E-state index contributed by atoms with van der Waals surface area (Å²) in [6.45, 7) is 0.686. The summed E-state index contributed by atoms with van der Waals surface area (Å²) in [4.78, 5) is 29.5. The fourth-order valence-corrected chi connectivity index (χ4v) is 2.94. The first kappa shape index (κ1) is 19.9. The van der Waals surface area contributed by atoms with Gasteiger partial charge in [-0.1, -0.05) is 30.3 Å². The van der Waals surface area contributed by atoms with Crippen LogP contribution in [0.4, 0.5) is 5.69 Å². The molecule has 7 heteroatoms. The number of nitrogens with one attached hydrogen (secondary N) is 2. The molecule has 2 amide bonds. The van der Waals surface area contributed by atoms with E-state index in [0.29, 0.717) is 23.6 Å². The van der Waals surface area contributed by atoms with Gasteiger partial charge in [-0.25, -0.2) is 4.98 Å². The highest BCUT2D eigenvalue weighted by Gasteiger charge is 2.15. The van der Waals surface area contributed by atoms with Gasteiger partial charge in [-0.05, 0) is 42.0 Å². The molecule has 154 valence electrons. The number of benzene rings is 2. The molecule has 0 fully saturated rings. The summed E-state index contributed by atoms with van der Waals surface area (Å²) in [7, 11) is 0. The Balaban J connectivity index is 1.48. The third-order valence-corrected chi connectivity index (χ3v) is 4.49. The lowest BCUT2D eigenvalue weighted by Gasteiger charge is -2.11. The van der Waals surface area contributed by atoms with Gasteiger partial charge in [0, 0.05) is 36.3 Å². The Kier molecular flexibility index (Phi) is 6.04. The van der Waals surface area contributed by atoms with Crippen molar-refractivity contribution in [3.8, 4) is 0 Å². The van der Waals surface area contributed by atoms with Gasteiger partial charge >= 0.3 is 0 Å². The summed E-state index contributed by atoms with van der Waals surface area (Å²) in [5.41, 5.74) is 2.20. The second-order valence-corrected chi connectivity index (χ2v) is 6.78. The molecule has 2 aromatic carbocycles. The van der Waals surface area contributed by atoms with Crippen molar-refractivity contribution in [2.24, 2.45) is 0 Å². The molecule has 0 spiro atoms. The lowest BCUT2D eigenvalue weighted by molar-refractivity contribution is -0.113. The molecule has 2 heterocycles. The predicted molar refractivity (Wildman–Crippen MR) is 117 cm³/mol. The number of aromatic nitrogens is 2. The van der Waals surface area contributed by atoms with Crippen LogP contribution in [0, 0.1) is 0 Å². The third-order valence-electron chi connectivity index (χ3n) is 4.49. The summed E-state index contributed by atoms with van der Waals surface area (Å²) in [5.74, 6) is -0.388. The van der Waals surface area contributed by atoms with Gasteiger partial charge in [-0.15, -0.1) is 0 Å². The number of amides is 2. The predicted octanol–water partition coefficient (Wildman–Crippen LogP) is 3.93. The van der Waals surface area contributed by atoms with Crippen molar-refractivity contribution in [3.63, 3.8) is 0 Å². The number of furan rings is 1. The number of rotatable bonds is 7.